The van der Waals surface area contributed by atoms with Crippen LogP contribution in [0.25, 0.3) is 0 Å². The van der Waals surface area contributed by atoms with Crippen LogP contribution in [0.5, 0.6) is 0 Å². The second-order valence-corrected chi connectivity index (χ2v) is 8.20. The molecular weight excluding hydrogens is 504 g/mol. The molecule has 3 heterocycles. The van der Waals surface area contributed by atoms with Crippen molar-refractivity contribution in [2.24, 2.45) is 5.41 Å². The number of pyridine rings is 1. The van der Waals surface area contributed by atoms with Gasteiger partial charge in [0.1, 0.15) is 0 Å². The van der Waals surface area contributed by atoms with Crippen LogP contribution in [-0.2, 0) is 14.3 Å². The molecule has 1 unspecified atom stereocenters. The summed E-state index contributed by atoms with van der Waals surface area (Å²) in [7, 11) is 1.75. The molecule has 0 radical (unpaired) electrons. The molecule has 0 aromatic carbocycles. The molecule has 15 heteroatoms. The van der Waals surface area contributed by atoms with Gasteiger partial charge in [0, 0.05) is 51.1 Å². The molecule has 2 fully saturated rings. The molecule has 36 heavy (non-hydrogen) atoms. The van der Waals surface area contributed by atoms with Crippen molar-refractivity contribution in [3.8, 4) is 0 Å². The van der Waals surface area contributed by atoms with Gasteiger partial charge >= 0.3 is 24.3 Å². The number of methoxy groups -OCH3 is 1. The summed E-state index contributed by atoms with van der Waals surface area (Å²) in [5.41, 5.74) is 0.984. The lowest BCUT2D eigenvalue weighted by Gasteiger charge is -2.40. The van der Waals surface area contributed by atoms with E-state index in [4.69, 9.17) is 24.5 Å². The van der Waals surface area contributed by atoms with E-state index in [1.54, 1.807) is 19.5 Å². The third kappa shape index (κ3) is 10.4. The van der Waals surface area contributed by atoms with Gasteiger partial charge in [-0.25, -0.2) is 9.59 Å². The maximum Gasteiger partial charge on any atom is 0.490 e. The van der Waals surface area contributed by atoms with Gasteiger partial charge in [-0.1, -0.05) is 0 Å². The second kappa shape index (κ2) is 13.4. The van der Waals surface area contributed by atoms with Crippen LogP contribution < -0.4 is 0 Å². The van der Waals surface area contributed by atoms with E-state index in [1.165, 1.54) is 12.8 Å². The third-order valence-corrected chi connectivity index (χ3v) is 5.47. The maximum absolute atomic E-state index is 12.6. The van der Waals surface area contributed by atoms with Crippen molar-refractivity contribution in [1.29, 1.82) is 0 Å². The Balaban J connectivity index is 0.000000383. The fourth-order valence-electron chi connectivity index (χ4n) is 3.83. The van der Waals surface area contributed by atoms with Crippen molar-refractivity contribution in [3.05, 3.63) is 30.1 Å². The third-order valence-electron chi connectivity index (χ3n) is 5.47. The average molecular weight is 531 g/mol. The minimum Gasteiger partial charge on any atom is -0.475 e. The highest BCUT2D eigenvalue weighted by molar-refractivity contribution is 5.94. The van der Waals surface area contributed by atoms with Gasteiger partial charge in [-0.3, -0.25) is 9.78 Å². The van der Waals surface area contributed by atoms with Crippen LogP contribution in [0.4, 0.5) is 26.3 Å². The Kier molecular flexibility index (Phi) is 11.6. The van der Waals surface area contributed by atoms with Crippen LogP contribution in [0.15, 0.2) is 24.5 Å². The summed E-state index contributed by atoms with van der Waals surface area (Å²) in [4.78, 5) is 39.0. The predicted molar refractivity (Wildman–Crippen MR) is 112 cm³/mol. The van der Waals surface area contributed by atoms with Gasteiger partial charge in [0.15, 0.2) is 0 Å². The Morgan fingerprint density at radius 1 is 1.03 bits per heavy atom. The Morgan fingerprint density at radius 2 is 1.61 bits per heavy atom. The summed E-state index contributed by atoms with van der Waals surface area (Å²) >= 11 is 0. The Hall–Kier alpha value is -2.94. The van der Waals surface area contributed by atoms with E-state index in [9.17, 15) is 31.1 Å². The molecule has 1 amide bonds. The lowest BCUT2D eigenvalue weighted by atomic mass is 9.79. The number of halogens is 6. The second-order valence-electron chi connectivity index (χ2n) is 8.20. The number of rotatable bonds is 4. The van der Waals surface area contributed by atoms with E-state index < -0.39 is 24.3 Å². The van der Waals surface area contributed by atoms with E-state index in [0.29, 0.717) is 5.56 Å². The monoisotopic (exact) mass is 531 g/mol. The first-order valence-corrected chi connectivity index (χ1v) is 10.6. The number of hydrogen-bond donors (Lipinski definition) is 2. The number of nitrogens with zero attached hydrogens (tertiary/aromatic N) is 3. The first-order chi connectivity index (χ1) is 16.6. The Labute approximate surface area is 202 Å². The van der Waals surface area contributed by atoms with Crippen LogP contribution in [0.3, 0.4) is 0 Å². The highest BCUT2D eigenvalue weighted by atomic mass is 19.4. The minimum atomic E-state index is -5.08. The summed E-state index contributed by atoms with van der Waals surface area (Å²) in [6, 6.07) is 3.69. The van der Waals surface area contributed by atoms with E-state index in [2.05, 4.69) is 9.88 Å². The van der Waals surface area contributed by atoms with Gasteiger partial charge in [0.2, 0.25) is 0 Å². The molecule has 1 aromatic heterocycles. The fourth-order valence-corrected chi connectivity index (χ4v) is 3.83. The largest absolute Gasteiger partial charge is 0.490 e. The van der Waals surface area contributed by atoms with Crippen LogP contribution >= 0.6 is 0 Å². The van der Waals surface area contributed by atoms with Crippen LogP contribution in [0.1, 0.15) is 29.6 Å². The quantitative estimate of drug-likeness (QED) is 0.570. The molecule has 3 rings (SSSR count). The first kappa shape index (κ1) is 31.1. The number of aromatic nitrogens is 1. The standard InChI is InChI=1S/C17H25N3O2.2C2HF3O2/c1-22-11-10-19-9-6-17(13-19)5-3-8-20(14-17)16(21)15-4-2-7-18-12-15;2*3-2(4,5)1(6)7/h2,4,7,12H,3,5-6,8-11,13-14H2,1H3;2*(H,6,7). The van der Waals surface area contributed by atoms with Crippen LogP contribution in [0.2, 0.25) is 0 Å². The Bertz CT molecular complexity index is 844. The molecule has 0 saturated carbocycles. The van der Waals surface area contributed by atoms with Crippen molar-refractivity contribution in [3.63, 3.8) is 0 Å². The van der Waals surface area contributed by atoms with E-state index >= 15 is 0 Å². The Morgan fingerprint density at radius 3 is 2.08 bits per heavy atom. The topological polar surface area (TPSA) is 120 Å². The van der Waals surface area contributed by atoms with Crippen molar-refractivity contribution in [2.45, 2.75) is 31.6 Å². The van der Waals surface area contributed by atoms with Gasteiger partial charge in [0.05, 0.1) is 12.2 Å². The number of hydrogen-bond acceptors (Lipinski definition) is 6. The van der Waals surface area contributed by atoms with E-state index in [0.717, 1.165) is 45.8 Å². The molecule has 204 valence electrons. The van der Waals surface area contributed by atoms with Gasteiger partial charge in [-0.05, 0) is 37.9 Å². The summed E-state index contributed by atoms with van der Waals surface area (Å²) in [5, 5.41) is 14.2. The highest BCUT2D eigenvalue weighted by Crippen LogP contribution is 2.39. The summed E-state index contributed by atoms with van der Waals surface area (Å²) in [6.07, 6.45) is -3.27. The molecule has 2 N–H and O–H groups in total. The molecule has 0 aliphatic carbocycles. The zero-order valence-corrected chi connectivity index (χ0v) is 19.3. The number of aliphatic carboxylic acids is 2. The van der Waals surface area contributed by atoms with Crippen molar-refractivity contribution >= 4 is 17.8 Å². The number of ether oxygens (including phenoxy) is 1. The average Bonchev–Trinajstić information content (AvgIpc) is 3.19. The molecule has 2 aliphatic rings. The molecule has 0 bridgehead atoms. The number of alkyl halides is 6. The normalized spacial score (nSPS) is 20.1. The maximum atomic E-state index is 12.6. The summed E-state index contributed by atoms with van der Waals surface area (Å²) in [6.45, 7) is 5.74. The number of likely N-dealkylation sites (tertiary alicyclic amines) is 2. The van der Waals surface area contributed by atoms with Crippen molar-refractivity contribution < 1.29 is 55.7 Å². The molecule has 1 atom stereocenters. The van der Waals surface area contributed by atoms with Gasteiger partial charge in [-0.2, -0.15) is 26.3 Å². The van der Waals surface area contributed by atoms with Gasteiger partial charge in [0.25, 0.3) is 5.91 Å². The molecule has 2 aliphatic heterocycles. The minimum absolute atomic E-state index is 0.127. The molecule has 2 saturated heterocycles. The smallest absolute Gasteiger partial charge is 0.475 e. The SMILES string of the molecule is COCCN1CCC2(CCCN(C(=O)c3cccnc3)C2)C1.O=C(O)C(F)(F)F.O=C(O)C(F)(F)F. The van der Waals surface area contributed by atoms with E-state index in [1.807, 2.05) is 17.0 Å². The predicted octanol–water partition coefficient (Wildman–Crippen LogP) is 2.92. The zero-order chi connectivity index (χ0) is 27.6. The van der Waals surface area contributed by atoms with Crippen molar-refractivity contribution in [1.82, 2.24) is 14.8 Å². The molecule has 1 aromatic rings. The zero-order valence-electron chi connectivity index (χ0n) is 19.3. The van der Waals surface area contributed by atoms with Gasteiger partial charge in [-0.15, -0.1) is 0 Å². The number of carbonyl (C=O) groups is 3. The number of amides is 1. The summed E-state index contributed by atoms with van der Waals surface area (Å²) in [5.74, 6) is -5.39. The highest BCUT2D eigenvalue weighted by Gasteiger charge is 2.42. The number of carboxylic acid groups (broad SMARTS) is 2. The fraction of sp³-hybridized carbons (Fsp3) is 0.619. The molecule has 9 nitrogen and oxygen atoms in total. The van der Waals surface area contributed by atoms with E-state index in [-0.39, 0.29) is 11.3 Å². The number of carbonyl (C=O) groups excluding carboxylic acids is 1. The summed E-state index contributed by atoms with van der Waals surface area (Å²) < 4.78 is 68.7. The lowest BCUT2D eigenvalue weighted by Crippen LogP contribution is -2.47. The van der Waals surface area contributed by atoms with Crippen LogP contribution in [-0.4, -0.2) is 102 Å². The van der Waals surface area contributed by atoms with Gasteiger partial charge < -0.3 is 24.7 Å². The lowest BCUT2D eigenvalue weighted by molar-refractivity contribution is -0.193. The van der Waals surface area contributed by atoms with Crippen LogP contribution in [0, 0.1) is 5.41 Å². The molecular formula is C21H27F6N3O6. The van der Waals surface area contributed by atoms with Crippen molar-refractivity contribution in [2.75, 3.05) is 46.4 Å². The number of carboxylic acids is 2. The molecule has 1 spiro atoms. The number of piperidine rings is 1. The first-order valence-electron chi connectivity index (χ1n) is 10.6.